The molecule has 0 unspecified atom stereocenters. The second-order valence-electron chi connectivity index (χ2n) is 7.15. The van der Waals surface area contributed by atoms with E-state index in [0.29, 0.717) is 23.8 Å². The monoisotopic (exact) mass is 373 g/mol. The van der Waals surface area contributed by atoms with Gasteiger partial charge in [-0.2, -0.15) is 5.10 Å². The van der Waals surface area contributed by atoms with Crippen LogP contribution in [0.2, 0.25) is 0 Å². The first-order valence-corrected chi connectivity index (χ1v) is 9.51. The molecule has 0 aliphatic carbocycles. The topological polar surface area (TPSA) is 64.3 Å². The van der Waals surface area contributed by atoms with E-state index >= 15 is 0 Å². The molecular weight excluding hydrogens is 345 g/mol. The molecule has 2 N–H and O–H groups in total. The molecule has 7 heteroatoms. The Morgan fingerprint density at radius 3 is 2.74 bits per heavy atom. The number of H-pyrrole nitrogens is 1. The van der Waals surface area contributed by atoms with E-state index in [2.05, 4.69) is 20.4 Å². The van der Waals surface area contributed by atoms with Gasteiger partial charge in [0.2, 0.25) is 0 Å². The summed E-state index contributed by atoms with van der Waals surface area (Å²) in [5.74, 6) is -0.435. The molecule has 1 aromatic carbocycles. The van der Waals surface area contributed by atoms with Crippen LogP contribution in [0.4, 0.5) is 4.39 Å². The standard InChI is InChI=1S/C20H28FN5O/c1-15-13-19(24-23-15)20(27)26(14-16-5-3-4-6-18(16)21)12-11-25-9-7-17(22-2)8-10-25/h3-6,13,17,22H,7-12,14H2,1-2H3,(H,23,24). The fourth-order valence-corrected chi connectivity index (χ4v) is 3.49. The van der Waals surface area contributed by atoms with Gasteiger partial charge in [0.25, 0.3) is 5.91 Å². The van der Waals surface area contributed by atoms with E-state index in [1.165, 1.54) is 6.07 Å². The van der Waals surface area contributed by atoms with E-state index in [1.807, 2.05) is 14.0 Å². The third-order valence-electron chi connectivity index (χ3n) is 5.22. The van der Waals surface area contributed by atoms with Crippen molar-refractivity contribution in [3.63, 3.8) is 0 Å². The van der Waals surface area contributed by atoms with E-state index in [1.54, 1.807) is 29.2 Å². The van der Waals surface area contributed by atoms with Crippen LogP contribution in [-0.4, -0.2) is 65.2 Å². The van der Waals surface area contributed by atoms with Crippen LogP contribution in [0.1, 0.15) is 34.6 Å². The highest BCUT2D eigenvalue weighted by Gasteiger charge is 2.22. The highest BCUT2D eigenvalue weighted by molar-refractivity contribution is 5.92. The molecule has 1 aromatic heterocycles. The first kappa shape index (κ1) is 19.5. The molecule has 27 heavy (non-hydrogen) atoms. The molecule has 0 spiro atoms. The maximum atomic E-state index is 14.1. The molecule has 146 valence electrons. The number of amides is 1. The fourth-order valence-electron chi connectivity index (χ4n) is 3.49. The summed E-state index contributed by atoms with van der Waals surface area (Å²) in [5.41, 5.74) is 1.73. The van der Waals surface area contributed by atoms with Crippen LogP contribution in [-0.2, 0) is 6.54 Å². The van der Waals surface area contributed by atoms with E-state index in [9.17, 15) is 9.18 Å². The van der Waals surface area contributed by atoms with Gasteiger partial charge < -0.3 is 15.1 Å². The van der Waals surface area contributed by atoms with Gasteiger partial charge in [-0.05, 0) is 52.0 Å². The van der Waals surface area contributed by atoms with Crippen molar-refractivity contribution in [3.8, 4) is 0 Å². The van der Waals surface area contributed by atoms with Crippen LogP contribution in [0, 0.1) is 12.7 Å². The third kappa shape index (κ3) is 5.14. The summed E-state index contributed by atoms with van der Waals surface area (Å²) in [4.78, 5) is 17.0. The molecule has 1 aliphatic rings. The van der Waals surface area contributed by atoms with Crippen molar-refractivity contribution in [2.75, 3.05) is 33.2 Å². The second kappa shape index (κ2) is 9.10. The minimum atomic E-state index is -0.286. The van der Waals surface area contributed by atoms with Gasteiger partial charge in [-0.15, -0.1) is 0 Å². The van der Waals surface area contributed by atoms with Gasteiger partial charge in [0.15, 0.2) is 0 Å². The fraction of sp³-hybridized carbons (Fsp3) is 0.500. The molecule has 3 rings (SSSR count). The van der Waals surface area contributed by atoms with Crippen molar-refractivity contribution >= 4 is 5.91 Å². The molecule has 1 fully saturated rings. The Labute approximate surface area is 159 Å². The summed E-state index contributed by atoms with van der Waals surface area (Å²) in [6.07, 6.45) is 2.22. The number of nitrogens with one attached hydrogen (secondary N) is 2. The minimum Gasteiger partial charge on any atom is -0.332 e. The largest absolute Gasteiger partial charge is 0.332 e. The maximum Gasteiger partial charge on any atom is 0.272 e. The number of piperidine rings is 1. The van der Waals surface area contributed by atoms with Crippen molar-refractivity contribution in [3.05, 3.63) is 53.1 Å². The lowest BCUT2D eigenvalue weighted by atomic mass is 10.1. The van der Waals surface area contributed by atoms with Crippen LogP contribution in [0.25, 0.3) is 0 Å². The van der Waals surface area contributed by atoms with Gasteiger partial charge in [-0.1, -0.05) is 18.2 Å². The van der Waals surface area contributed by atoms with Gasteiger partial charge in [-0.25, -0.2) is 4.39 Å². The van der Waals surface area contributed by atoms with Crippen molar-refractivity contribution < 1.29 is 9.18 Å². The number of carbonyl (C=O) groups excluding carboxylic acids is 1. The predicted molar refractivity (Wildman–Crippen MR) is 103 cm³/mol. The number of halogens is 1. The summed E-state index contributed by atoms with van der Waals surface area (Å²) >= 11 is 0. The molecule has 1 aliphatic heterocycles. The van der Waals surface area contributed by atoms with E-state index < -0.39 is 0 Å². The summed E-state index contributed by atoms with van der Waals surface area (Å²) in [5, 5.41) is 10.2. The summed E-state index contributed by atoms with van der Waals surface area (Å²) in [7, 11) is 2.00. The number of nitrogens with zero attached hydrogens (tertiary/aromatic N) is 3. The average Bonchev–Trinajstić information content (AvgIpc) is 3.12. The zero-order chi connectivity index (χ0) is 19.2. The molecule has 1 saturated heterocycles. The Kier molecular flexibility index (Phi) is 6.58. The number of aromatic nitrogens is 2. The minimum absolute atomic E-state index is 0.149. The summed E-state index contributed by atoms with van der Waals surface area (Å²) in [6, 6.07) is 8.92. The molecule has 2 aromatic rings. The van der Waals surface area contributed by atoms with Crippen molar-refractivity contribution in [2.45, 2.75) is 32.4 Å². The lowest BCUT2D eigenvalue weighted by molar-refractivity contribution is 0.0704. The normalized spacial score (nSPS) is 15.8. The Hall–Kier alpha value is -2.25. The second-order valence-corrected chi connectivity index (χ2v) is 7.15. The smallest absolute Gasteiger partial charge is 0.272 e. The van der Waals surface area contributed by atoms with E-state index in [-0.39, 0.29) is 18.3 Å². The zero-order valence-corrected chi connectivity index (χ0v) is 16.0. The molecule has 6 nitrogen and oxygen atoms in total. The Balaban J connectivity index is 1.68. The first-order chi connectivity index (χ1) is 13.1. The molecule has 0 atom stereocenters. The Morgan fingerprint density at radius 2 is 2.11 bits per heavy atom. The molecule has 0 bridgehead atoms. The number of aryl methyl sites for hydroxylation is 1. The summed E-state index contributed by atoms with van der Waals surface area (Å²) in [6.45, 7) is 5.43. The van der Waals surface area contributed by atoms with Crippen LogP contribution in [0.5, 0.6) is 0 Å². The van der Waals surface area contributed by atoms with Gasteiger partial charge in [-0.3, -0.25) is 9.89 Å². The SMILES string of the molecule is CNC1CCN(CCN(Cc2ccccc2F)C(=O)c2cc(C)n[nH]2)CC1. The van der Waals surface area contributed by atoms with Crippen molar-refractivity contribution in [1.29, 1.82) is 0 Å². The highest BCUT2D eigenvalue weighted by Crippen LogP contribution is 2.14. The third-order valence-corrected chi connectivity index (χ3v) is 5.22. The maximum absolute atomic E-state index is 14.1. The number of likely N-dealkylation sites (tertiary alicyclic amines) is 1. The number of hydrogen-bond donors (Lipinski definition) is 2. The summed E-state index contributed by atoms with van der Waals surface area (Å²) < 4.78 is 14.1. The number of aromatic amines is 1. The average molecular weight is 373 g/mol. The van der Waals surface area contributed by atoms with E-state index in [0.717, 1.165) is 38.2 Å². The van der Waals surface area contributed by atoms with Crippen molar-refractivity contribution in [1.82, 2.24) is 25.3 Å². The lowest BCUT2D eigenvalue weighted by Gasteiger charge is -2.33. The quantitative estimate of drug-likeness (QED) is 0.781. The number of rotatable bonds is 7. The molecule has 2 heterocycles. The van der Waals surface area contributed by atoms with Crippen molar-refractivity contribution in [2.24, 2.45) is 0 Å². The number of carbonyl (C=O) groups is 1. The Morgan fingerprint density at radius 1 is 1.37 bits per heavy atom. The Bertz CT molecular complexity index is 754. The van der Waals surface area contributed by atoms with Gasteiger partial charge >= 0.3 is 0 Å². The van der Waals surface area contributed by atoms with Gasteiger partial charge in [0.1, 0.15) is 11.5 Å². The van der Waals surface area contributed by atoms with Crippen LogP contribution >= 0.6 is 0 Å². The molecular formula is C20H28FN5O. The van der Waals surface area contributed by atoms with Gasteiger partial charge in [0, 0.05) is 31.2 Å². The lowest BCUT2D eigenvalue weighted by Crippen LogP contribution is -2.45. The predicted octanol–water partition coefficient (Wildman–Crippen LogP) is 2.18. The van der Waals surface area contributed by atoms with Crippen LogP contribution in [0.3, 0.4) is 0 Å². The zero-order valence-electron chi connectivity index (χ0n) is 16.0. The highest BCUT2D eigenvalue weighted by atomic mass is 19.1. The van der Waals surface area contributed by atoms with Gasteiger partial charge in [0.05, 0.1) is 5.69 Å². The molecule has 0 saturated carbocycles. The molecule has 0 radical (unpaired) electrons. The molecule has 1 amide bonds. The number of hydrogen-bond acceptors (Lipinski definition) is 4. The van der Waals surface area contributed by atoms with Crippen LogP contribution < -0.4 is 5.32 Å². The first-order valence-electron chi connectivity index (χ1n) is 9.51. The number of benzene rings is 1. The van der Waals surface area contributed by atoms with Crippen LogP contribution in [0.15, 0.2) is 30.3 Å². The van der Waals surface area contributed by atoms with E-state index in [4.69, 9.17) is 0 Å².